The van der Waals surface area contributed by atoms with Crippen LogP contribution in [0.25, 0.3) is 0 Å². The number of ether oxygens (including phenoxy) is 1. The van der Waals surface area contributed by atoms with E-state index < -0.39 is 29.2 Å². The molecule has 1 fully saturated rings. The van der Waals surface area contributed by atoms with Gasteiger partial charge in [0.05, 0.1) is 12.0 Å². The number of urea groups is 1. The Labute approximate surface area is 200 Å². The third-order valence-electron chi connectivity index (χ3n) is 6.73. The zero-order valence-corrected chi connectivity index (χ0v) is 19.9. The van der Waals surface area contributed by atoms with E-state index in [1.807, 2.05) is 51.1 Å². The molecule has 34 heavy (non-hydrogen) atoms. The van der Waals surface area contributed by atoms with Crippen LogP contribution >= 0.6 is 0 Å². The standard InChI is InChI=1S/C27H32N2O5/c1-5-17-26(4,20-14-9-8-10-15-20)28-25(33)29-23(32)27(6-2,7-3)24(29)34-21-16-12-11-13-19(21)18-22(30)31/h5,8-16,24H,1,6-7,17-18H2,2-4H3,(H,28,33)(H,30,31)/t24-,26+/m0/s1. The molecule has 7 heteroatoms. The first-order valence-corrected chi connectivity index (χ1v) is 11.5. The molecular formula is C27H32N2O5. The predicted molar refractivity (Wildman–Crippen MR) is 129 cm³/mol. The quantitative estimate of drug-likeness (QED) is 0.386. The molecular weight excluding hydrogens is 432 g/mol. The van der Waals surface area contributed by atoms with Crippen molar-refractivity contribution >= 4 is 17.9 Å². The van der Waals surface area contributed by atoms with Gasteiger partial charge >= 0.3 is 12.0 Å². The van der Waals surface area contributed by atoms with Crippen molar-refractivity contribution in [1.82, 2.24) is 10.2 Å². The number of carboxylic acids is 1. The molecule has 1 heterocycles. The second kappa shape index (κ2) is 10.1. The minimum atomic E-state index is -0.990. The number of β-lactam (4-membered cyclic amide) rings is 1. The van der Waals surface area contributed by atoms with Crippen LogP contribution in [0, 0.1) is 5.41 Å². The lowest BCUT2D eigenvalue weighted by atomic mass is 9.72. The maximum atomic E-state index is 13.5. The summed E-state index contributed by atoms with van der Waals surface area (Å²) in [7, 11) is 0. The van der Waals surface area contributed by atoms with E-state index in [-0.39, 0.29) is 12.3 Å². The highest BCUT2D eigenvalue weighted by molar-refractivity contribution is 6.03. The van der Waals surface area contributed by atoms with Crippen LogP contribution < -0.4 is 10.1 Å². The van der Waals surface area contributed by atoms with Crippen molar-refractivity contribution in [2.45, 2.75) is 58.2 Å². The minimum absolute atomic E-state index is 0.223. The summed E-state index contributed by atoms with van der Waals surface area (Å²) in [5.41, 5.74) is -0.271. The van der Waals surface area contributed by atoms with Crippen molar-refractivity contribution in [3.8, 4) is 5.75 Å². The van der Waals surface area contributed by atoms with Crippen LogP contribution in [0.5, 0.6) is 5.75 Å². The van der Waals surface area contributed by atoms with Gasteiger partial charge in [-0.05, 0) is 37.8 Å². The van der Waals surface area contributed by atoms with Gasteiger partial charge in [0.1, 0.15) is 11.2 Å². The summed E-state index contributed by atoms with van der Waals surface area (Å²) >= 11 is 0. The summed E-state index contributed by atoms with van der Waals surface area (Å²) in [6.07, 6.45) is 2.09. The average molecular weight is 465 g/mol. The van der Waals surface area contributed by atoms with Crippen molar-refractivity contribution < 1.29 is 24.2 Å². The van der Waals surface area contributed by atoms with Gasteiger partial charge in [-0.2, -0.15) is 0 Å². The van der Waals surface area contributed by atoms with Gasteiger partial charge < -0.3 is 15.2 Å². The van der Waals surface area contributed by atoms with Crippen LogP contribution in [0.1, 0.15) is 51.2 Å². The third-order valence-corrected chi connectivity index (χ3v) is 6.73. The highest BCUT2D eigenvalue weighted by Crippen LogP contribution is 2.46. The van der Waals surface area contributed by atoms with Gasteiger partial charge in [-0.25, -0.2) is 9.69 Å². The topological polar surface area (TPSA) is 95.9 Å². The number of amides is 3. The smallest absolute Gasteiger partial charge is 0.327 e. The van der Waals surface area contributed by atoms with E-state index in [1.165, 1.54) is 0 Å². The molecule has 2 aromatic carbocycles. The van der Waals surface area contributed by atoms with Crippen molar-refractivity contribution in [3.63, 3.8) is 0 Å². The largest absolute Gasteiger partial charge is 0.481 e. The molecule has 1 aliphatic rings. The summed E-state index contributed by atoms with van der Waals surface area (Å²) < 4.78 is 6.23. The van der Waals surface area contributed by atoms with E-state index in [4.69, 9.17) is 4.74 Å². The maximum absolute atomic E-state index is 13.5. The van der Waals surface area contributed by atoms with Gasteiger partial charge in [0.25, 0.3) is 0 Å². The molecule has 2 aromatic rings. The van der Waals surface area contributed by atoms with Crippen molar-refractivity contribution in [2.24, 2.45) is 5.41 Å². The fourth-order valence-electron chi connectivity index (χ4n) is 4.58. The molecule has 1 saturated heterocycles. The number of carbonyl (C=O) groups is 3. The van der Waals surface area contributed by atoms with E-state index in [0.717, 1.165) is 10.5 Å². The summed E-state index contributed by atoms with van der Waals surface area (Å²) in [6.45, 7) is 9.49. The molecule has 1 aliphatic heterocycles. The predicted octanol–water partition coefficient (Wildman–Crippen LogP) is 4.87. The number of nitrogens with zero attached hydrogens (tertiary/aromatic N) is 1. The van der Waals surface area contributed by atoms with E-state index >= 15 is 0 Å². The first-order valence-electron chi connectivity index (χ1n) is 11.5. The van der Waals surface area contributed by atoms with Crippen molar-refractivity contribution in [2.75, 3.05) is 0 Å². The molecule has 0 aromatic heterocycles. The molecule has 2 N–H and O–H groups in total. The van der Waals surface area contributed by atoms with E-state index in [2.05, 4.69) is 11.9 Å². The number of hydrogen-bond donors (Lipinski definition) is 2. The fraction of sp³-hybridized carbons (Fsp3) is 0.370. The highest BCUT2D eigenvalue weighted by atomic mass is 16.5. The van der Waals surface area contributed by atoms with Gasteiger partial charge in [-0.3, -0.25) is 9.59 Å². The molecule has 0 aliphatic carbocycles. The number of imide groups is 1. The molecule has 0 saturated carbocycles. The maximum Gasteiger partial charge on any atom is 0.327 e. The molecule has 0 bridgehead atoms. The Morgan fingerprint density at radius 3 is 2.35 bits per heavy atom. The lowest BCUT2D eigenvalue weighted by Crippen LogP contribution is -2.74. The summed E-state index contributed by atoms with van der Waals surface area (Å²) in [5, 5.41) is 12.3. The monoisotopic (exact) mass is 464 g/mol. The van der Waals surface area contributed by atoms with Gasteiger partial charge in [-0.1, -0.05) is 68.5 Å². The Balaban J connectivity index is 1.93. The summed E-state index contributed by atoms with van der Waals surface area (Å²) in [5.74, 6) is -0.941. The Morgan fingerprint density at radius 1 is 1.15 bits per heavy atom. The third kappa shape index (κ3) is 4.55. The number of benzene rings is 2. The summed E-state index contributed by atoms with van der Waals surface area (Å²) in [6, 6.07) is 15.8. The van der Waals surface area contributed by atoms with E-state index in [0.29, 0.717) is 30.6 Å². The molecule has 0 unspecified atom stereocenters. The molecule has 2 atom stereocenters. The molecule has 3 rings (SSSR count). The number of likely N-dealkylation sites (tertiary alicyclic amines) is 1. The second-order valence-corrected chi connectivity index (χ2v) is 8.81. The van der Waals surface area contributed by atoms with Gasteiger partial charge in [0, 0.05) is 5.56 Å². The molecule has 0 spiro atoms. The minimum Gasteiger partial charge on any atom is -0.481 e. The van der Waals surface area contributed by atoms with Crippen LogP contribution in [-0.2, 0) is 21.5 Å². The van der Waals surface area contributed by atoms with Crippen LogP contribution in [0.3, 0.4) is 0 Å². The van der Waals surface area contributed by atoms with Crippen LogP contribution in [0.2, 0.25) is 0 Å². The SMILES string of the molecule is C=CC[C@@](C)(NC(=O)N1C(=O)C(CC)(CC)[C@@H]1Oc1ccccc1CC(=O)O)c1ccccc1. The van der Waals surface area contributed by atoms with Crippen molar-refractivity contribution in [1.29, 1.82) is 0 Å². The lowest BCUT2D eigenvalue weighted by Gasteiger charge is -2.53. The molecule has 180 valence electrons. The highest BCUT2D eigenvalue weighted by Gasteiger charge is 2.63. The number of aliphatic carboxylic acids is 1. The normalized spacial score (nSPS) is 18.4. The number of hydrogen-bond acceptors (Lipinski definition) is 4. The average Bonchev–Trinajstić information content (AvgIpc) is 2.81. The first-order chi connectivity index (χ1) is 16.2. The number of carboxylic acid groups (broad SMARTS) is 1. The lowest BCUT2D eigenvalue weighted by molar-refractivity contribution is -0.191. The molecule has 7 nitrogen and oxygen atoms in total. The van der Waals surface area contributed by atoms with E-state index in [1.54, 1.807) is 30.3 Å². The Bertz CT molecular complexity index is 1060. The zero-order valence-electron chi connectivity index (χ0n) is 19.9. The van der Waals surface area contributed by atoms with E-state index in [9.17, 15) is 19.5 Å². The number of carbonyl (C=O) groups excluding carboxylic acids is 2. The van der Waals surface area contributed by atoms with Gasteiger partial charge in [0.15, 0.2) is 6.23 Å². The van der Waals surface area contributed by atoms with Gasteiger partial charge in [0.2, 0.25) is 5.91 Å². The Hall–Kier alpha value is -3.61. The number of para-hydroxylation sites is 1. The van der Waals surface area contributed by atoms with Crippen LogP contribution in [0.15, 0.2) is 67.3 Å². The number of nitrogens with one attached hydrogen (secondary N) is 1. The van der Waals surface area contributed by atoms with Crippen molar-refractivity contribution in [3.05, 3.63) is 78.4 Å². The zero-order chi connectivity index (χ0) is 24.9. The first kappa shape index (κ1) is 25.0. The molecule has 3 amide bonds. The number of rotatable bonds is 10. The Morgan fingerprint density at radius 2 is 1.76 bits per heavy atom. The van der Waals surface area contributed by atoms with Gasteiger partial charge in [-0.15, -0.1) is 6.58 Å². The fourth-order valence-corrected chi connectivity index (χ4v) is 4.58. The second-order valence-electron chi connectivity index (χ2n) is 8.81. The molecule has 0 radical (unpaired) electrons. The Kier molecular flexibility index (Phi) is 7.44. The summed E-state index contributed by atoms with van der Waals surface area (Å²) in [4.78, 5) is 39.2. The van der Waals surface area contributed by atoms with Crippen LogP contribution in [-0.4, -0.2) is 34.1 Å². The van der Waals surface area contributed by atoms with Crippen LogP contribution in [0.4, 0.5) is 4.79 Å².